The van der Waals surface area contributed by atoms with Crippen molar-refractivity contribution >= 4 is 5.96 Å². The minimum Gasteiger partial charge on any atom is -0.379 e. The molecule has 5 nitrogen and oxygen atoms in total. The predicted octanol–water partition coefficient (Wildman–Crippen LogP) is 2.49. The first-order valence-corrected chi connectivity index (χ1v) is 9.13. The second-order valence-electron chi connectivity index (χ2n) is 6.46. The van der Waals surface area contributed by atoms with Crippen LogP contribution in [-0.2, 0) is 17.8 Å². The topological polar surface area (TPSA) is 40.1 Å². The molecule has 1 aliphatic rings. The Morgan fingerprint density at radius 3 is 2.84 bits per heavy atom. The smallest absolute Gasteiger partial charge is 0.193 e. The highest BCUT2D eigenvalue weighted by Crippen LogP contribution is 2.10. The second kappa shape index (κ2) is 10.9. The maximum atomic E-state index is 5.42. The molecule has 1 aliphatic heterocycles. The van der Waals surface area contributed by atoms with Crippen LogP contribution in [0.3, 0.4) is 0 Å². The van der Waals surface area contributed by atoms with Crippen molar-refractivity contribution in [2.24, 2.45) is 4.99 Å². The van der Waals surface area contributed by atoms with Gasteiger partial charge in [0.2, 0.25) is 0 Å². The van der Waals surface area contributed by atoms with E-state index < -0.39 is 0 Å². The standard InChI is InChI=1S/C20H32N4O/c1-4-5-6-10-23(3)20(21-2)22-16-18-8-7-9-19(15-18)17-24-11-13-25-14-12-24/h4,7-9,15H,1,5-6,10-14,16-17H2,2-3H3,(H,21,22). The molecule has 0 bridgehead atoms. The number of aliphatic imine (C=N–C) groups is 1. The summed E-state index contributed by atoms with van der Waals surface area (Å²) in [5, 5.41) is 3.46. The van der Waals surface area contributed by atoms with Crippen molar-refractivity contribution in [3.8, 4) is 0 Å². The van der Waals surface area contributed by atoms with Crippen LogP contribution in [0, 0.1) is 0 Å². The van der Waals surface area contributed by atoms with Crippen LogP contribution in [0.1, 0.15) is 24.0 Å². The van der Waals surface area contributed by atoms with Gasteiger partial charge in [-0.25, -0.2) is 0 Å². The third kappa shape index (κ3) is 6.88. The van der Waals surface area contributed by atoms with Crippen LogP contribution in [0.25, 0.3) is 0 Å². The molecule has 1 fully saturated rings. The zero-order chi connectivity index (χ0) is 17.9. The molecule has 0 unspecified atom stereocenters. The first kappa shape index (κ1) is 19.5. The van der Waals surface area contributed by atoms with Gasteiger partial charge in [0.25, 0.3) is 0 Å². The zero-order valence-corrected chi connectivity index (χ0v) is 15.7. The number of nitrogens with zero attached hydrogens (tertiary/aromatic N) is 3. The molecule has 5 heteroatoms. The lowest BCUT2D eigenvalue weighted by molar-refractivity contribution is 0.0342. The highest BCUT2D eigenvalue weighted by molar-refractivity contribution is 5.79. The van der Waals surface area contributed by atoms with Crippen LogP contribution < -0.4 is 5.32 Å². The lowest BCUT2D eigenvalue weighted by Gasteiger charge is -2.26. The lowest BCUT2D eigenvalue weighted by Crippen LogP contribution is -2.39. The highest BCUT2D eigenvalue weighted by atomic mass is 16.5. The Labute approximate surface area is 152 Å². The SMILES string of the molecule is C=CCCCN(C)C(=NC)NCc1cccc(CN2CCOCC2)c1. The zero-order valence-electron chi connectivity index (χ0n) is 15.7. The molecule has 138 valence electrons. The summed E-state index contributed by atoms with van der Waals surface area (Å²) in [5.74, 6) is 0.933. The number of unbranched alkanes of at least 4 members (excludes halogenated alkanes) is 1. The lowest BCUT2D eigenvalue weighted by atomic mass is 10.1. The minimum absolute atomic E-state index is 0.787. The molecule has 0 saturated carbocycles. The first-order valence-electron chi connectivity index (χ1n) is 9.13. The molecule has 0 spiro atoms. The van der Waals surface area contributed by atoms with Crippen LogP contribution in [-0.4, -0.2) is 62.7 Å². The van der Waals surface area contributed by atoms with Crippen LogP contribution in [0.5, 0.6) is 0 Å². The molecule has 25 heavy (non-hydrogen) atoms. The number of allylic oxidation sites excluding steroid dienone is 1. The Morgan fingerprint density at radius 2 is 2.12 bits per heavy atom. The number of rotatable bonds is 8. The van der Waals surface area contributed by atoms with E-state index in [1.165, 1.54) is 11.1 Å². The summed E-state index contributed by atoms with van der Waals surface area (Å²) in [6, 6.07) is 8.80. The van der Waals surface area contributed by atoms with Gasteiger partial charge in [-0.2, -0.15) is 0 Å². The molecule has 1 N–H and O–H groups in total. The average molecular weight is 345 g/mol. The van der Waals surface area contributed by atoms with Crippen molar-refractivity contribution < 1.29 is 4.74 Å². The molecule has 0 radical (unpaired) electrons. The van der Waals surface area contributed by atoms with E-state index >= 15 is 0 Å². The van der Waals surface area contributed by atoms with Gasteiger partial charge < -0.3 is 15.0 Å². The molecule has 1 saturated heterocycles. The van der Waals surface area contributed by atoms with Crippen molar-refractivity contribution in [3.05, 3.63) is 48.0 Å². The van der Waals surface area contributed by atoms with E-state index in [0.717, 1.165) is 64.7 Å². The number of hydrogen-bond acceptors (Lipinski definition) is 3. The van der Waals surface area contributed by atoms with E-state index in [9.17, 15) is 0 Å². The quantitative estimate of drug-likeness (QED) is 0.340. The van der Waals surface area contributed by atoms with Gasteiger partial charge in [0, 0.05) is 46.8 Å². The molecule has 0 atom stereocenters. The second-order valence-corrected chi connectivity index (χ2v) is 6.46. The van der Waals surface area contributed by atoms with E-state index in [-0.39, 0.29) is 0 Å². The van der Waals surface area contributed by atoms with Gasteiger partial charge in [-0.3, -0.25) is 9.89 Å². The molecule has 1 heterocycles. The number of ether oxygens (including phenoxy) is 1. The van der Waals surface area contributed by atoms with Gasteiger partial charge in [0.15, 0.2) is 5.96 Å². The molecule has 0 aliphatic carbocycles. The molecular weight excluding hydrogens is 312 g/mol. The molecule has 2 rings (SSSR count). The van der Waals surface area contributed by atoms with E-state index in [0.29, 0.717) is 0 Å². The summed E-state index contributed by atoms with van der Waals surface area (Å²) >= 11 is 0. The number of benzene rings is 1. The van der Waals surface area contributed by atoms with E-state index in [2.05, 4.69) is 58.0 Å². The molecule has 0 amide bonds. The number of morpholine rings is 1. The van der Waals surface area contributed by atoms with Gasteiger partial charge in [-0.1, -0.05) is 30.3 Å². The number of guanidine groups is 1. The van der Waals surface area contributed by atoms with Crippen molar-refractivity contribution in [2.45, 2.75) is 25.9 Å². The van der Waals surface area contributed by atoms with Crippen molar-refractivity contribution in [2.75, 3.05) is 46.9 Å². The van der Waals surface area contributed by atoms with Gasteiger partial charge >= 0.3 is 0 Å². The van der Waals surface area contributed by atoms with Gasteiger partial charge in [0.05, 0.1) is 13.2 Å². The fourth-order valence-corrected chi connectivity index (χ4v) is 3.00. The Kier molecular flexibility index (Phi) is 8.49. The Hall–Kier alpha value is -1.85. The molecule has 1 aromatic rings. The minimum atomic E-state index is 0.787. The average Bonchev–Trinajstić information content (AvgIpc) is 2.64. The van der Waals surface area contributed by atoms with Crippen molar-refractivity contribution in [1.29, 1.82) is 0 Å². The van der Waals surface area contributed by atoms with Crippen molar-refractivity contribution in [3.63, 3.8) is 0 Å². The van der Waals surface area contributed by atoms with Crippen LogP contribution >= 0.6 is 0 Å². The third-order valence-electron chi connectivity index (χ3n) is 4.43. The summed E-state index contributed by atoms with van der Waals surface area (Å²) in [7, 11) is 3.91. The van der Waals surface area contributed by atoms with Gasteiger partial charge in [-0.15, -0.1) is 6.58 Å². The number of hydrogen-bond donors (Lipinski definition) is 1. The normalized spacial score (nSPS) is 15.8. The van der Waals surface area contributed by atoms with Crippen molar-refractivity contribution in [1.82, 2.24) is 15.1 Å². The summed E-state index contributed by atoms with van der Waals surface area (Å²) in [6.45, 7) is 10.3. The van der Waals surface area contributed by atoms with E-state index in [1.807, 2.05) is 13.1 Å². The number of nitrogens with one attached hydrogen (secondary N) is 1. The third-order valence-corrected chi connectivity index (χ3v) is 4.43. The maximum absolute atomic E-state index is 5.42. The maximum Gasteiger partial charge on any atom is 0.193 e. The van der Waals surface area contributed by atoms with Crippen LogP contribution in [0.4, 0.5) is 0 Å². The predicted molar refractivity (Wildman–Crippen MR) is 105 cm³/mol. The fraction of sp³-hybridized carbons (Fsp3) is 0.550. The van der Waals surface area contributed by atoms with E-state index in [4.69, 9.17) is 4.74 Å². The summed E-state index contributed by atoms with van der Waals surface area (Å²) in [5.41, 5.74) is 2.64. The summed E-state index contributed by atoms with van der Waals surface area (Å²) < 4.78 is 5.42. The Balaban J connectivity index is 1.84. The Morgan fingerprint density at radius 1 is 1.36 bits per heavy atom. The van der Waals surface area contributed by atoms with Gasteiger partial charge in [0.1, 0.15) is 0 Å². The Bertz CT molecular complexity index is 552. The summed E-state index contributed by atoms with van der Waals surface area (Å²) in [6.07, 6.45) is 4.09. The highest BCUT2D eigenvalue weighted by Gasteiger charge is 2.11. The van der Waals surface area contributed by atoms with E-state index in [1.54, 1.807) is 0 Å². The largest absolute Gasteiger partial charge is 0.379 e. The molecule has 1 aromatic carbocycles. The molecule has 0 aromatic heterocycles. The summed E-state index contributed by atoms with van der Waals surface area (Å²) in [4.78, 5) is 9.00. The molecular formula is C20H32N4O. The monoisotopic (exact) mass is 344 g/mol. The van der Waals surface area contributed by atoms with Gasteiger partial charge in [-0.05, 0) is 24.0 Å². The first-order chi connectivity index (χ1) is 12.2. The van der Waals surface area contributed by atoms with Crippen LogP contribution in [0.2, 0.25) is 0 Å². The fourth-order valence-electron chi connectivity index (χ4n) is 3.00. The van der Waals surface area contributed by atoms with Crippen LogP contribution in [0.15, 0.2) is 41.9 Å².